The van der Waals surface area contributed by atoms with Gasteiger partial charge in [-0.3, -0.25) is 9.80 Å². The normalized spacial score (nSPS) is 34.0. The number of benzene rings is 1. The van der Waals surface area contributed by atoms with Crippen LogP contribution in [0.1, 0.15) is 24.4 Å². The molecule has 0 amide bonds. The van der Waals surface area contributed by atoms with Gasteiger partial charge in [0.15, 0.2) is 0 Å². The smallest absolute Gasteiger partial charge is 0.119 e. The molecule has 1 aromatic rings. The number of rotatable bonds is 4. The van der Waals surface area contributed by atoms with E-state index in [4.69, 9.17) is 10.5 Å². The van der Waals surface area contributed by atoms with Crippen LogP contribution in [0.3, 0.4) is 0 Å². The summed E-state index contributed by atoms with van der Waals surface area (Å²) in [4.78, 5) is 5.09. The zero-order valence-electron chi connectivity index (χ0n) is 11.9. The molecular weight excluding hydrogens is 250 g/mol. The molecule has 2 atom stereocenters. The van der Waals surface area contributed by atoms with Gasteiger partial charge in [0, 0.05) is 44.8 Å². The molecule has 1 saturated carbocycles. The molecule has 2 bridgehead atoms. The molecule has 3 heterocycles. The van der Waals surface area contributed by atoms with Crippen molar-refractivity contribution in [1.82, 2.24) is 9.80 Å². The Hall–Kier alpha value is -1.10. The van der Waals surface area contributed by atoms with E-state index in [-0.39, 0.29) is 6.04 Å². The minimum absolute atomic E-state index is 0.105. The number of hydrogen-bond donors (Lipinski definition) is 1. The molecule has 0 aromatic heterocycles. The number of nitrogens with zero attached hydrogens (tertiary/aromatic N) is 2. The number of ether oxygens (including phenoxy) is 1. The van der Waals surface area contributed by atoms with Gasteiger partial charge in [0.2, 0.25) is 0 Å². The first kappa shape index (κ1) is 12.6. The fourth-order valence-corrected chi connectivity index (χ4v) is 3.37. The van der Waals surface area contributed by atoms with E-state index in [1.807, 2.05) is 0 Å². The van der Waals surface area contributed by atoms with E-state index in [1.165, 1.54) is 44.6 Å². The largest absolute Gasteiger partial charge is 0.490 e. The van der Waals surface area contributed by atoms with Crippen molar-refractivity contribution in [2.45, 2.75) is 31.0 Å². The van der Waals surface area contributed by atoms with Gasteiger partial charge in [-0.15, -0.1) is 0 Å². The minimum atomic E-state index is 0.105. The molecular formula is C16H23N3O. The van der Waals surface area contributed by atoms with E-state index < -0.39 is 0 Å². The van der Waals surface area contributed by atoms with Crippen LogP contribution >= 0.6 is 0 Å². The van der Waals surface area contributed by atoms with Crippen LogP contribution < -0.4 is 10.5 Å². The van der Waals surface area contributed by atoms with Crippen LogP contribution in [-0.2, 0) is 0 Å². The summed E-state index contributed by atoms with van der Waals surface area (Å²) in [5, 5.41) is 0. The highest BCUT2D eigenvalue weighted by atomic mass is 16.5. The molecule has 4 heteroatoms. The van der Waals surface area contributed by atoms with Gasteiger partial charge in [0.05, 0.1) is 6.10 Å². The average molecular weight is 273 g/mol. The van der Waals surface area contributed by atoms with Crippen LogP contribution in [0.15, 0.2) is 24.3 Å². The maximum absolute atomic E-state index is 6.51. The van der Waals surface area contributed by atoms with Crippen molar-refractivity contribution < 1.29 is 4.74 Å². The summed E-state index contributed by atoms with van der Waals surface area (Å²) in [7, 11) is 0. The van der Waals surface area contributed by atoms with E-state index in [0.717, 1.165) is 12.3 Å². The lowest BCUT2D eigenvalue weighted by Crippen LogP contribution is -2.63. The molecule has 4 fully saturated rings. The molecule has 4 aliphatic rings. The number of piperazine rings is 3. The molecule has 4 nitrogen and oxygen atoms in total. The van der Waals surface area contributed by atoms with E-state index >= 15 is 0 Å². The lowest BCUT2D eigenvalue weighted by atomic mass is 9.95. The van der Waals surface area contributed by atoms with Crippen molar-refractivity contribution in [3.8, 4) is 5.75 Å². The van der Waals surface area contributed by atoms with Crippen molar-refractivity contribution in [3.63, 3.8) is 0 Å². The van der Waals surface area contributed by atoms with E-state index in [1.54, 1.807) is 0 Å². The summed E-state index contributed by atoms with van der Waals surface area (Å²) in [5.74, 6) is 0.984. The lowest BCUT2D eigenvalue weighted by Gasteiger charge is -2.49. The van der Waals surface area contributed by atoms with Crippen molar-refractivity contribution in [1.29, 1.82) is 0 Å². The van der Waals surface area contributed by atoms with Gasteiger partial charge in [0.25, 0.3) is 0 Å². The molecule has 3 saturated heterocycles. The Morgan fingerprint density at radius 2 is 1.75 bits per heavy atom. The standard InChI is InChI=1S/C16H23N3O/c17-16(15-11-18-7-9-19(15)10-8-18)12-1-3-13(4-2-12)20-14-5-6-14/h1-4,14-16H,5-11,17H2. The molecule has 1 aliphatic carbocycles. The van der Waals surface area contributed by atoms with Crippen molar-refractivity contribution in [3.05, 3.63) is 29.8 Å². The fraction of sp³-hybridized carbons (Fsp3) is 0.625. The summed E-state index contributed by atoms with van der Waals surface area (Å²) >= 11 is 0. The third-order valence-corrected chi connectivity index (χ3v) is 4.83. The van der Waals surface area contributed by atoms with Crippen molar-refractivity contribution >= 4 is 0 Å². The average Bonchev–Trinajstić information content (AvgIpc) is 3.32. The van der Waals surface area contributed by atoms with Gasteiger partial charge in [-0.05, 0) is 30.5 Å². The van der Waals surface area contributed by atoms with Crippen LogP contribution in [0.25, 0.3) is 0 Å². The molecule has 108 valence electrons. The summed E-state index contributed by atoms with van der Waals surface area (Å²) in [6, 6.07) is 9.00. The summed E-state index contributed by atoms with van der Waals surface area (Å²) in [6.07, 6.45) is 2.87. The number of nitrogens with two attached hydrogens (primary N) is 1. The highest BCUT2D eigenvalue weighted by Gasteiger charge is 2.35. The van der Waals surface area contributed by atoms with Crippen molar-refractivity contribution in [2.24, 2.45) is 5.73 Å². The molecule has 20 heavy (non-hydrogen) atoms. The van der Waals surface area contributed by atoms with Crippen LogP contribution in [0, 0.1) is 0 Å². The van der Waals surface area contributed by atoms with Gasteiger partial charge in [-0.25, -0.2) is 0 Å². The highest BCUT2D eigenvalue weighted by Crippen LogP contribution is 2.29. The predicted molar refractivity (Wildman–Crippen MR) is 78.8 cm³/mol. The molecule has 3 aliphatic heterocycles. The zero-order valence-corrected chi connectivity index (χ0v) is 11.9. The predicted octanol–water partition coefficient (Wildman–Crippen LogP) is 1.23. The molecule has 5 rings (SSSR count). The zero-order chi connectivity index (χ0) is 13.5. The van der Waals surface area contributed by atoms with E-state index in [0.29, 0.717) is 12.1 Å². The Morgan fingerprint density at radius 3 is 2.30 bits per heavy atom. The number of fused-ring (bicyclic) bond motifs is 3. The maximum atomic E-state index is 6.51. The second-order valence-electron chi connectivity index (χ2n) is 6.32. The van der Waals surface area contributed by atoms with Crippen LogP contribution in [0.5, 0.6) is 5.75 Å². The molecule has 2 N–H and O–H groups in total. The van der Waals surface area contributed by atoms with Gasteiger partial charge >= 0.3 is 0 Å². The van der Waals surface area contributed by atoms with Crippen LogP contribution in [-0.4, -0.2) is 54.7 Å². The van der Waals surface area contributed by atoms with Gasteiger partial charge in [-0.1, -0.05) is 12.1 Å². The Balaban J connectivity index is 1.45. The first-order valence-electron chi connectivity index (χ1n) is 7.78. The Labute approximate surface area is 120 Å². The SMILES string of the molecule is NC(c1ccc(OC2CC2)cc1)C1CN2CCN1CC2. The monoisotopic (exact) mass is 273 g/mol. The Kier molecular flexibility index (Phi) is 3.17. The third kappa shape index (κ3) is 2.43. The second-order valence-corrected chi connectivity index (χ2v) is 6.32. The maximum Gasteiger partial charge on any atom is 0.119 e. The van der Waals surface area contributed by atoms with Gasteiger partial charge in [0.1, 0.15) is 5.75 Å². The highest BCUT2D eigenvalue weighted by molar-refractivity contribution is 5.30. The Morgan fingerprint density at radius 1 is 1.05 bits per heavy atom. The summed E-state index contributed by atoms with van der Waals surface area (Å²) in [6.45, 7) is 5.86. The van der Waals surface area contributed by atoms with E-state index in [2.05, 4.69) is 34.1 Å². The first-order chi connectivity index (χ1) is 9.79. The van der Waals surface area contributed by atoms with E-state index in [9.17, 15) is 0 Å². The van der Waals surface area contributed by atoms with Crippen molar-refractivity contribution in [2.75, 3.05) is 32.7 Å². The summed E-state index contributed by atoms with van der Waals surface area (Å²) in [5.41, 5.74) is 7.74. The third-order valence-electron chi connectivity index (χ3n) is 4.83. The first-order valence-corrected chi connectivity index (χ1v) is 7.78. The minimum Gasteiger partial charge on any atom is -0.490 e. The molecule has 0 spiro atoms. The molecule has 2 unspecified atom stereocenters. The summed E-state index contributed by atoms with van der Waals surface area (Å²) < 4.78 is 5.80. The molecule has 1 aromatic carbocycles. The number of hydrogen-bond acceptors (Lipinski definition) is 4. The fourth-order valence-electron chi connectivity index (χ4n) is 3.37. The lowest BCUT2D eigenvalue weighted by molar-refractivity contribution is 0.00214. The van der Waals surface area contributed by atoms with Gasteiger partial charge < -0.3 is 10.5 Å². The van der Waals surface area contributed by atoms with Crippen LogP contribution in [0.2, 0.25) is 0 Å². The van der Waals surface area contributed by atoms with Gasteiger partial charge in [-0.2, -0.15) is 0 Å². The quantitative estimate of drug-likeness (QED) is 0.896. The Bertz CT molecular complexity index is 463. The van der Waals surface area contributed by atoms with Crippen LogP contribution in [0.4, 0.5) is 0 Å². The topological polar surface area (TPSA) is 41.7 Å². The second kappa shape index (κ2) is 5.02. The molecule has 0 radical (unpaired) electrons.